The van der Waals surface area contributed by atoms with Gasteiger partial charge in [-0.05, 0) is 12.8 Å². The highest BCUT2D eigenvalue weighted by Crippen LogP contribution is 2.06. The Labute approximate surface area is 81.4 Å². The molecule has 1 fully saturated rings. The quantitative estimate of drug-likeness (QED) is 0.369. The molecule has 0 aromatic rings. The first-order valence-corrected chi connectivity index (χ1v) is 5.31. The third kappa shape index (κ3) is 5.11. The van der Waals surface area contributed by atoms with Gasteiger partial charge in [0.25, 0.3) is 0 Å². The second-order valence-electron chi connectivity index (χ2n) is 3.37. The van der Waals surface area contributed by atoms with Crippen LogP contribution >= 0.6 is 0 Å². The molecule has 0 saturated carbocycles. The first-order chi connectivity index (χ1) is 6.43. The van der Waals surface area contributed by atoms with Crippen molar-refractivity contribution in [1.29, 1.82) is 0 Å². The molecule has 0 radical (unpaired) electrons. The Kier molecular flexibility index (Phi) is 5.95. The molecule has 0 aliphatic carbocycles. The minimum absolute atomic E-state index is 0.0200. The predicted molar refractivity (Wildman–Crippen MR) is 55.7 cm³/mol. The van der Waals surface area contributed by atoms with Crippen molar-refractivity contribution in [2.45, 2.75) is 38.9 Å². The lowest BCUT2D eigenvalue weighted by Gasteiger charge is -2.18. The van der Waals surface area contributed by atoms with E-state index in [4.69, 9.17) is 9.31 Å². The summed E-state index contributed by atoms with van der Waals surface area (Å²) in [6.07, 6.45) is 10.1. The summed E-state index contributed by atoms with van der Waals surface area (Å²) in [5.41, 5.74) is 0. The average Bonchev–Trinajstić information content (AvgIpc) is 2.19. The van der Waals surface area contributed by atoms with Gasteiger partial charge in [0.1, 0.15) is 0 Å². The van der Waals surface area contributed by atoms with Crippen molar-refractivity contribution in [2.24, 2.45) is 0 Å². The van der Waals surface area contributed by atoms with Crippen molar-refractivity contribution in [3.63, 3.8) is 0 Å². The van der Waals surface area contributed by atoms with Gasteiger partial charge in [0, 0.05) is 19.5 Å². The van der Waals surface area contributed by atoms with E-state index in [0.29, 0.717) is 0 Å². The van der Waals surface area contributed by atoms with E-state index in [1.165, 1.54) is 19.3 Å². The number of allylic oxidation sites excluding steroid dienone is 2. The van der Waals surface area contributed by atoms with Crippen LogP contribution in [0.25, 0.3) is 0 Å². The van der Waals surface area contributed by atoms with Crippen LogP contribution in [0.4, 0.5) is 0 Å². The Morgan fingerprint density at radius 3 is 2.69 bits per heavy atom. The third-order valence-electron chi connectivity index (χ3n) is 2.12. The average molecular weight is 182 g/mol. The fourth-order valence-corrected chi connectivity index (χ4v) is 1.32. The van der Waals surface area contributed by atoms with E-state index in [2.05, 4.69) is 19.1 Å². The van der Waals surface area contributed by atoms with Gasteiger partial charge in [-0.3, -0.25) is 0 Å². The van der Waals surface area contributed by atoms with Crippen LogP contribution in [0.2, 0.25) is 6.32 Å². The van der Waals surface area contributed by atoms with Crippen LogP contribution in [0.15, 0.2) is 12.2 Å². The van der Waals surface area contributed by atoms with Gasteiger partial charge in [0.2, 0.25) is 0 Å². The van der Waals surface area contributed by atoms with Crippen LogP contribution in [0.1, 0.15) is 32.6 Å². The Bertz CT molecular complexity index is 142. The molecule has 0 aromatic carbocycles. The number of hydrogen-bond donors (Lipinski definition) is 0. The van der Waals surface area contributed by atoms with Crippen molar-refractivity contribution in [3.8, 4) is 0 Å². The normalized spacial score (nSPS) is 18.4. The molecule has 74 valence electrons. The van der Waals surface area contributed by atoms with E-state index < -0.39 is 0 Å². The Balaban J connectivity index is 2.00. The summed E-state index contributed by atoms with van der Waals surface area (Å²) in [4.78, 5) is 0. The molecule has 1 aliphatic heterocycles. The molecule has 1 saturated heterocycles. The molecule has 13 heavy (non-hydrogen) atoms. The lowest BCUT2D eigenvalue weighted by Crippen LogP contribution is -2.28. The highest BCUT2D eigenvalue weighted by Gasteiger charge is 2.19. The fourth-order valence-electron chi connectivity index (χ4n) is 1.32. The molecule has 3 heteroatoms. The molecule has 0 unspecified atom stereocenters. The summed E-state index contributed by atoms with van der Waals surface area (Å²) in [6, 6.07) is 0. The largest absolute Gasteiger partial charge is 0.460 e. The zero-order valence-corrected chi connectivity index (χ0v) is 8.50. The molecule has 1 rings (SSSR count). The molecule has 0 aromatic heterocycles. The molecule has 0 atom stereocenters. The highest BCUT2D eigenvalue weighted by atomic mass is 16.6. The lowest BCUT2D eigenvalue weighted by atomic mass is 9.83. The minimum Gasteiger partial charge on any atom is -0.411 e. The molecule has 0 spiro atoms. The van der Waals surface area contributed by atoms with E-state index in [9.17, 15) is 0 Å². The highest BCUT2D eigenvalue weighted by molar-refractivity contribution is 6.45. The summed E-state index contributed by atoms with van der Waals surface area (Å²) < 4.78 is 10.8. The molecule has 1 aliphatic rings. The van der Waals surface area contributed by atoms with Gasteiger partial charge in [0.15, 0.2) is 0 Å². The van der Waals surface area contributed by atoms with Gasteiger partial charge in [-0.1, -0.05) is 31.9 Å². The van der Waals surface area contributed by atoms with Gasteiger partial charge in [-0.2, -0.15) is 0 Å². The van der Waals surface area contributed by atoms with Crippen LogP contribution in [0, 0.1) is 0 Å². The molecule has 2 nitrogen and oxygen atoms in total. The monoisotopic (exact) mass is 182 g/mol. The Morgan fingerprint density at radius 2 is 2.00 bits per heavy atom. The second kappa shape index (κ2) is 7.16. The third-order valence-corrected chi connectivity index (χ3v) is 2.12. The van der Waals surface area contributed by atoms with E-state index in [1.54, 1.807) is 0 Å². The SMILES string of the molecule is CCCC/C=C\CB1OCCCO1. The molecule has 0 N–H and O–H groups in total. The lowest BCUT2D eigenvalue weighted by molar-refractivity contribution is 0.136. The van der Waals surface area contributed by atoms with Crippen LogP contribution in [0.3, 0.4) is 0 Å². The summed E-state index contributed by atoms with van der Waals surface area (Å²) in [5, 5.41) is 0. The van der Waals surface area contributed by atoms with E-state index in [-0.39, 0.29) is 7.12 Å². The molecule has 0 amide bonds. The summed E-state index contributed by atoms with van der Waals surface area (Å²) in [7, 11) is 0.0200. The van der Waals surface area contributed by atoms with E-state index in [0.717, 1.165) is 26.0 Å². The Hall–Kier alpha value is -0.275. The van der Waals surface area contributed by atoms with Crippen molar-refractivity contribution in [2.75, 3.05) is 13.2 Å². The molecular formula is C10H19BO2. The smallest absolute Gasteiger partial charge is 0.411 e. The summed E-state index contributed by atoms with van der Waals surface area (Å²) in [6.45, 7) is 3.92. The van der Waals surface area contributed by atoms with Crippen molar-refractivity contribution < 1.29 is 9.31 Å². The van der Waals surface area contributed by atoms with Crippen LogP contribution in [-0.4, -0.2) is 20.3 Å². The topological polar surface area (TPSA) is 18.5 Å². The fraction of sp³-hybridized carbons (Fsp3) is 0.800. The minimum atomic E-state index is 0.0200. The number of unbranched alkanes of at least 4 members (excludes halogenated alkanes) is 2. The Morgan fingerprint density at radius 1 is 1.23 bits per heavy atom. The van der Waals surface area contributed by atoms with Gasteiger partial charge >= 0.3 is 7.12 Å². The number of hydrogen-bond acceptors (Lipinski definition) is 2. The van der Waals surface area contributed by atoms with Crippen molar-refractivity contribution in [1.82, 2.24) is 0 Å². The maximum absolute atomic E-state index is 5.41. The van der Waals surface area contributed by atoms with Crippen LogP contribution in [0.5, 0.6) is 0 Å². The van der Waals surface area contributed by atoms with E-state index >= 15 is 0 Å². The summed E-state index contributed by atoms with van der Waals surface area (Å²) in [5.74, 6) is 0. The second-order valence-corrected chi connectivity index (χ2v) is 3.37. The standard InChI is InChI=1S/C10H19BO2/c1-2-3-4-5-6-8-11-12-9-7-10-13-11/h5-6H,2-4,7-10H2,1H3/b6-5-. The molecule has 0 bridgehead atoms. The maximum Gasteiger partial charge on any atom is 0.460 e. The van der Waals surface area contributed by atoms with Gasteiger partial charge in [0.05, 0.1) is 0 Å². The first-order valence-electron chi connectivity index (χ1n) is 5.31. The van der Waals surface area contributed by atoms with Crippen LogP contribution < -0.4 is 0 Å². The maximum atomic E-state index is 5.41. The molecular weight excluding hydrogens is 163 g/mol. The predicted octanol–water partition coefficient (Wildman–Crippen LogP) is 2.66. The van der Waals surface area contributed by atoms with E-state index in [1.807, 2.05) is 0 Å². The van der Waals surface area contributed by atoms with Crippen molar-refractivity contribution >= 4 is 7.12 Å². The number of rotatable bonds is 5. The van der Waals surface area contributed by atoms with Crippen molar-refractivity contribution in [3.05, 3.63) is 12.2 Å². The molecule has 1 heterocycles. The first kappa shape index (κ1) is 10.8. The van der Waals surface area contributed by atoms with Crippen LogP contribution in [-0.2, 0) is 9.31 Å². The van der Waals surface area contributed by atoms with Gasteiger partial charge < -0.3 is 9.31 Å². The zero-order chi connectivity index (χ0) is 9.36. The van der Waals surface area contributed by atoms with Gasteiger partial charge in [-0.25, -0.2) is 0 Å². The van der Waals surface area contributed by atoms with Gasteiger partial charge in [-0.15, -0.1) is 0 Å². The zero-order valence-electron chi connectivity index (χ0n) is 8.50. The summed E-state index contributed by atoms with van der Waals surface area (Å²) >= 11 is 0.